The van der Waals surface area contributed by atoms with Crippen LogP contribution in [-0.4, -0.2) is 9.97 Å². The van der Waals surface area contributed by atoms with Gasteiger partial charge in [-0.3, -0.25) is 0 Å². The van der Waals surface area contributed by atoms with Crippen molar-refractivity contribution < 1.29 is 0 Å². The second-order valence-corrected chi connectivity index (χ2v) is 9.06. The maximum atomic E-state index is 4.50. The Bertz CT molecular complexity index is 734. The third-order valence-electron chi connectivity index (χ3n) is 7.10. The molecule has 4 saturated carbocycles. The molecule has 2 aromatic rings. The molecule has 0 atom stereocenters. The van der Waals surface area contributed by atoms with Crippen LogP contribution >= 0.6 is 0 Å². The summed E-state index contributed by atoms with van der Waals surface area (Å²) in [6, 6.07) is 11.5. The minimum atomic E-state index is 0.439. The van der Waals surface area contributed by atoms with E-state index < -0.39 is 0 Å². The summed E-state index contributed by atoms with van der Waals surface area (Å²) in [5, 5.41) is 0. The van der Waals surface area contributed by atoms with Crippen molar-refractivity contribution in [1.82, 2.24) is 9.97 Å². The van der Waals surface area contributed by atoms with Gasteiger partial charge in [0.05, 0.1) is 5.69 Å². The second kappa shape index (κ2) is 5.93. The fraction of sp³-hybridized carbons (Fsp3) is 0.565. The quantitative estimate of drug-likeness (QED) is 0.709. The molecule has 4 fully saturated rings. The van der Waals surface area contributed by atoms with E-state index in [0.717, 1.165) is 41.0 Å². The topological polar surface area (TPSA) is 25.8 Å². The van der Waals surface area contributed by atoms with Gasteiger partial charge >= 0.3 is 0 Å². The van der Waals surface area contributed by atoms with Gasteiger partial charge in [0.2, 0.25) is 0 Å². The molecule has 4 bridgehead atoms. The van der Waals surface area contributed by atoms with Crippen molar-refractivity contribution in [2.24, 2.45) is 23.7 Å². The smallest absolute Gasteiger partial charge is 0.116 e. The van der Waals surface area contributed by atoms with Gasteiger partial charge in [0.1, 0.15) is 6.33 Å². The SMILES string of the molecule is CC(C)c1cc(-c2ccc(C3C4CC5CC(C4)CC3C5)cc2)ncn1. The molecule has 4 aliphatic carbocycles. The van der Waals surface area contributed by atoms with Gasteiger partial charge in [-0.05, 0) is 79.2 Å². The van der Waals surface area contributed by atoms with Crippen molar-refractivity contribution in [1.29, 1.82) is 0 Å². The first kappa shape index (κ1) is 15.5. The first-order chi connectivity index (χ1) is 12.2. The Morgan fingerprint density at radius 1 is 0.840 bits per heavy atom. The maximum Gasteiger partial charge on any atom is 0.116 e. The Balaban J connectivity index is 1.41. The van der Waals surface area contributed by atoms with E-state index in [9.17, 15) is 0 Å². The van der Waals surface area contributed by atoms with E-state index in [1.165, 1.54) is 37.7 Å². The summed E-state index contributed by atoms with van der Waals surface area (Å²) in [7, 11) is 0. The summed E-state index contributed by atoms with van der Waals surface area (Å²) in [6.45, 7) is 4.36. The van der Waals surface area contributed by atoms with Gasteiger partial charge in [0.15, 0.2) is 0 Å². The lowest BCUT2D eigenvalue weighted by atomic mass is 9.51. The van der Waals surface area contributed by atoms with Crippen LogP contribution in [0.15, 0.2) is 36.7 Å². The standard InChI is InChI=1S/C23H28N2/c1-14(2)21-12-22(25-13-24-21)17-3-5-18(6-4-17)23-19-8-15-7-16(10-19)11-20(23)9-15/h3-6,12-16,19-20,23H,7-11H2,1-2H3. The zero-order chi connectivity index (χ0) is 17.0. The summed E-state index contributed by atoms with van der Waals surface area (Å²) in [5.41, 5.74) is 4.97. The predicted octanol–water partition coefficient (Wildman–Crippen LogP) is 5.81. The van der Waals surface area contributed by atoms with Crippen molar-refractivity contribution >= 4 is 0 Å². The molecule has 2 heteroatoms. The molecular formula is C23H28N2. The van der Waals surface area contributed by atoms with Gasteiger partial charge in [0, 0.05) is 11.3 Å². The molecule has 130 valence electrons. The second-order valence-electron chi connectivity index (χ2n) is 9.06. The first-order valence-corrected chi connectivity index (χ1v) is 10.1. The van der Waals surface area contributed by atoms with E-state index in [0.29, 0.717) is 5.92 Å². The molecule has 1 aromatic heterocycles. The van der Waals surface area contributed by atoms with Gasteiger partial charge in [-0.15, -0.1) is 0 Å². The van der Waals surface area contributed by atoms with Crippen LogP contribution in [0.1, 0.15) is 69.0 Å². The van der Waals surface area contributed by atoms with Gasteiger partial charge in [-0.1, -0.05) is 38.1 Å². The number of hydrogen-bond donors (Lipinski definition) is 0. The zero-order valence-corrected chi connectivity index (χ0v) is 15.4. The highest BCUT2D eigenvalue weighted by atomic mass is 14.8. The van der Waals surface area contributed by atoms with Crippen LogP contribution < -0.4 is 0 Å². The number of rotatable bonds is 3. The molecule has 25 heavy (non-hydrogen) atoms. The average molecular weight is 332 g/mol. The minimum absolute atomic E-state index is 0.439. The van der Waals surface area contributed by atoms with Crippen LogP contribution in [0.5, 0.6) is 0 Å². The number of benzene rings is 1. The van der Waals surface area contributed by atoms with Crippen LogP contribution in [0.25, 0.3) is 11.3 Å². The normalized spacial score (nSPS) is 33.2. The fourth-order valence-corrected chi connectivity index (χ4v) is 6.19. The van der Waals surface area contributed by atoms with Crippen LogP contribution in [0.2, 0.25) is 0 Å². The molecule has 0 amide bonds. The summed E-state index contributed by atoms with van der Waals surface area (Å²) in [5.74, 6) is 5.26. The lowest BCUT2D eigenvalue weighted by Gasteiger charge is -2.54. The van der Waals surface area contributed by atoms with Crippen molar-refractivity contribution in [3.05, 3.63) is 47.9 Å². The first-order valence-electron chi connectivity index (χ1n) is 10.1. The molecule has 0 saturated heterocycles. The Morgan fingerprint density at radius 2 is 1.48 bits per heavy atom. The molecular weight excluding hydrogens is 304 g/mol. The molecule has 1 heterocycles. The molecule has 0 radical (unpaired) electrons. The van der Waals surface area contributed by atoms with Crippen LogP contribution in [0.4, 0.5) is 0 Å². The maximum absolute atomic E-state index is 4.50. The Morgan fingerprint density at radius 3 is 2.08 bits per heavy atom. The predicted molar refractivity (Wildman–Crippen MR) is 101 cm³/mol. The lowest BCUT2D eigenvalue weighted by Crippen LogP contribution is -2.43. The lowest BCUT2D eigenvalue weighted by molar-refractivity contribution is -0.00277. The van der Waals surface area contributed by atoms with E-state index in [4.69, 9.17) is 0 Å². The molecule has 0 aliphatic heterocycles. The molecule has 1 aromatic carbocycles. The van der Waals surface area contributed by atoms with E-state index in [1.54, 1.807) is 11.9 Å². The molecule has 0 spiro atoms. The van der Waals surface area contributed by atoms with E-state index in [2.05, 4.69) is 54.1 Å². The third kappa shape index (κ3) is 2.70. The van der Waals surface area contributed by atoms with Crippen molar-refractivity contribution in [2.75, 3.05) is 0 Å². The zero-order valence-electron chi connectivity index (χ0n) is 15.4. The largest absolute Gasteiger partial charge is 0.241 e. The van der Waals surface area contributed by atoms with E-state index in [1.807, 2.05) is 0 Å². The van der Waals surface area contributed by atoms with Crippen LogP contribution in [-0.2, 0) is 0 Å². The summed E-state index contributed by atoms with van der Waals surface area (Å²) in [6.07, 6.45) is 9.19. The molecule has 0 N–H and O–H groups in total. The molecule has 2 nitrogen and oxygen atoms in total. The van der Waals surface area contributed by atoms with E-state index in [-0.39, 0.29) is 0 Å². The monoisotopic (exact) mass is 332 g/mol. The fourth-order valence-electron chi connectivity index (χ4n) is 6.19. The highest BCUT2D eigenvalue weighted by molar-refractivity contribution is 5.59. The van der Waals surface area contributed by atoms with Crippen molar-refractivity contribution in [3.63, 3.8) is 0 Å². The van der Waals surface area contributed by atoms with Crippen LogP contribution in [0.3, 0.4) is 0 Å². The number of hydrogen-bond acceptors (Lipinski definition) is 2. The highest BCUT2D eigenvalue weighted by Gasteiger charge is 2.48. The Kier molecular flexibility index (Phi) is 3.69. The Hall–Kier alpha value is -1.70. The summed E-state index contributed by atoms with van der Waals surface area (Å²) >= 11 is 0. The third-order valence-corrected chi connectivity index (χ3v) is 7.10. The number of nitrogens with zero attached hydrogens (tertiary/aromatic N) is 2. The molecule has 0 unspecified atom stereocenters. The van der Waals surface area contributed by atoms with Gasteiger partial charge in [0.25, 0.3) is 0 Å². The average Bonchev–Trinajstić information content (AvgIpc) is 2.61. The Labute approximate surface area is 151 Å². The summed E-state index contributed by atoms with van der Waals surface area (Å²) in [4.78, 5) is 8.89. The minimum Gasteiger partial charge on any atom is -0.241 e. The highest BCUT2D eigenvalue weighted by Crippen LogP contribution is 2.59. The van der Waals surface area contributed by atoms with Gasteiger partial charge < -0.3 is 0 Å². The molecule has 4 aliphatic rings. The van der Waals surface area contributed by atoms with Gasteiger partial charge in [-0.25, -0.2) is 9.97 Å². The molecule has 6 rings (SSSR count). The van der Waals surface area contributed by atoms with Crippen LogP contribution in [0, 0.1) is 23.7 Å². The van der Waals surface area contributed by atoms with Crippen molar-refractivity contribution in [2.45, 2.75) is 57.8 Å². The summed E-state index contributed by atoms with van der Waals surface area (Å²) < 4.78 is 0. The van der Waals surface area contributed by atoms with E-state index >= 15 is 0 Å². The van der Waals surface area contributed by atoms with Crippen molar-refractivity contribution in [3.8, 4) is 11.3 Å². The van der Waals surface area contributed by atoms with Gasteiger partial charge in [-0.2, -0.15) is 0 Å². The number of aromatic nitrogens is 2.